The molecule has 1 aliphatic carbocycles. The Morgan fingerprint density at radius 3 is 2.71 bits per heavy atom. The van der Waals surface area contributed by atoms with Crippen LogP contribution in [0, 0.1) is 0 Å². The number of pyridine rings is 1. The predicted octanol–water partition coefficient (Wildman–Crippen LogP) is 3.98. The smallest absolute Gasteiger partial charge is 0.131 e. The molecule has 2 aromatic heterocycles. The minimum absolute atomic E-state index is 0.619. The molecule has 0 spiro atoms. The van der Waals surface area contributed by atoms with Crippen LogP contribution in [0.5, 0.6) is 5.75 Å². The van der Waals surface area contributed by atoms with Crippen LogP contribution in [0.1, 0.15) is 41.5 Å². The zero-order valence-electron chi connectivity index (χ0n) is 16.1. The summed E-state index contributed by atoms with van der Waals surface area (Å²) in [5, 5.41) is 0. The molecule has 3 aromatic rings. The monoisotopic (exact) mass is 372 g/mol. The Hall–Kier alpha value is -2.79. The molecule has 1 aromatic carbocycles. The molecule has 5 rings (SSSR count). The quantitative estimate of drug-likeness (QED) is 0.678. The Labute approximate surface area is 165 Å². The second-order valence-corrected chi connectivity index (χ2v) is 7.68. The molecule has 28 heavy (non-hydrogen) atoms. The Morgan fingerprint density at radius 2 is 1.93 bits per heavy atom. The first kappa shape index (κ1) is 17.3. The molecule has 0 amide bonds. The van der Waals surface area contributed by atoms with Crippen LogP contribution in [0.4, 0.5) is 0 Å². The van der Waals surface area contributed by atoms with Gasteiger partial charge in [-0.05, 0) is 49.2 Å². The van der Waals surface area contributed by atoms with Gasteiger partial charge in [0.2, 0.25) is 0 Å². The average Bonchev–Trinajstić information content (AvgIpc) is 3.59. The van der Waals surface area contributed by atoms with E-state index in [-0.39, 0.29) is 0 Å². The lowest BCUT2D eigenvalue weighted by Gasteiger charge is -2.27. The van der Waals surface area contributed by atoms with Gasteiger partial charge in [0.1, 0.15) is 11.6 Å². The van der Waals surface area contributed by atoms with E-state index >= 15 is 0 Å². The maximum absolute atomic E-state index is 5.24. The average molecular weight is 372 g/mol. The van der Waals surface area contributed by atoms with Gasteiger partial charge in [-0.1, -0.05) is 6.07 Å². The third kappa shape index (κ3) is 3.62. The van der Waals surface area contributed by atoms with Crippen molar-refractivity contribution in [1.82, 2.24) is 19.9 Å². The summed E-state index contributed by atoms with van der Waals surface area (Å²) in [6, 6.07) is 14.3. The van der Waals surface area contributed by atoms with E-state index in [1.165, 1.54) is 24.1 Å². The number of hydrogen-bond acceptors (Lipinski definition) is 5. The van der Waals surface area contributed by atoms with Crippen LogP contribution in [-0.2, 0) is 19.5 Å². The maximum atomic E-state index is 5.24. The second-order valence-electron chi connectivity index (χ2n) is 7.68. The number of fused-ring (bicyclic) bond motifs is 1. The van der Waals surface area contributed by atoms with Crippen LogP contribution in [0.15, 0.2) is 48.7 Å². The largest absolute Gasteiger partial charge is 0.497 e. The first-order valence-electron chi connectivity index (χ1n) is 9.96. The zero-order valence-corrected chi connectivity index (χ0v) is 16.1. The van der Waals surface area contributed by atoms with Crippen molar-refractivity contribution in [2.24, 2.45) is 0 Å². The molecule has 2 aliphatic rings. The van der Waals surface area contributed by atoms with Crippen molar-refractivity contribution in [3.8, 4) is 17.0 Å². The van der Waals surface area contributed by atoms with Gasteiger partial charge in [-0.15, -0.1) is 0 Å². The minimum atomic E-state index is 0.619. The summed E-state index contributed by atoms with van der Waals surface area (Å²) in [6.45, 7) is 2.76. The minimum Gasteiger partial charge on any atom is -0.497 e. The van der Waals surface area contributed by atoms with Crippen LogP contribution in [0.25, 0.3) is 11.3 Å². The van der Waals surface area contributed by atoms with Crippen molar-refractivity contribution >= 4 is 0 Å². The summed E-state index contributed by atoms with van der Waals surface area (Å²) in [4.78, 5) is 16.7. The lowest BCUT2D eigenvalue weighted by molar-refractivity contribution is 0.240. The first-order chi connectivity index (χ1) is 13.8. The van der Waals surface area contributed by atoms with E-state index in [1.54, 1.807) is 7.11 Å². The predicted molar refractivity (Wildman–Crippen MR) is 108 cm³/mol. The number of methoxy groups -OCH3 is 1. The fourth-order valence-electron chi connectivity index (χ4n) is 3.78. The zero-order chi connectivity index (χ0) is 18.9. The number of nitrogens with zero attached hydrogens (tertiary/aromatic N) is 4. The van der Waals surface area contributed by atoms with Gasteiger partial charge >= 0.3 is 0 Å². The molecule has 0 N–H and O–H groups in total. The fraction of sp³-hybridized carbons (Fsp3) is 0.348. The molecular formula is C23H24N4O. The van der Waals surface area contributed by atoms with Crippen molar-refractivity contribution in [3.05, 3.63) is 71.4 Å². The third-order valence-electron chi connectivity index (χ3n) is 5.55. The number of rotatable bonds is 5. The molecule has 1 fully saturated rings. The van der Waals surface area contributed by atoms with Crippen molar-refractivity contribution in [3.63, 3.8) is 0 Å². The van der Waals surface area contributed by atoms with Gasteiger partial charge in [0, 0.05) is 55.0 Å². The molecule has 0 atom stereocenters. The first-order valence-corrected chi connectivity index (χ1v) is 9.96. The standard InChI is InChI=1S/C23H24N4O/c1-28-20-9-7-16(8-10-20)21-4-2-3-19(25-21)15-27-12-11-22-18(14-27)13-24-23(26-22)17-5-6-17/h2-4,7-10,13,17H,5-6,11-12,14-15H2,1H3. The number of aromatic nitrogens is 3. The number of ether oxygens (including phenoxy) is 1. The molecule has 0 saturated heterocycles. The molecule has 0 bridgehead atoms. The van der Waals surface area contributed by atoms with E-state index in [4.69, 9.17) is 14.7 Å². The molecule has 3 heterocycles. The Bertz CT molecular complexity index is 982. The molecule has 1 saturated carbocycles. The summed E-state index contributed by atoms with van der Waals surface area (Å²) < 4.78 is 5.24. The molecule has 0 radical (unpaired) electrons. The van der Waals surface area contributed by atoms with Crippen molar-refractivity contribution < 1.29 is 4.74 Å². The Kier molecular flexibility index (Phi) is 4.53. The van der Waals surface area contributed by atoms with E-state index in [9.17, 15) is 0 Å². The summed E-state index contributed by atoms with van der Waals surface area (Å²) >= 11 is 0. The van der Waals surface area contributed by atoms with Gasteiger partial charge in [0.25, 0.3) is 0 Å². The SMILES string of the molecule is COc1ccc(-c2cccc(CN3CCc4nc(C5CC5)ncc4C3)n2)cc1. The topological polar surface area (TPSA) is 51.1 Å². The highest BCUT2D eigenvalue weighted by atomic mass is 16.5. The van der Waals surface area contributed by atoms with Crippen LogP contribution < -0.4 is 4.74 Å². The number of hydrogen-bond donors (Lipinski definition) is 0. The molecule has 1 aliphatic heterocycles. The van der Waals surface area contributed by atoms with Crippen molar-refractivity contribution in [2.75, 3.05) is 13.7 Å². The van der Waals surface area contributed by atoms with Crippen LogP contribution in [0.2, 0.25) is 0 Å². The van der Waals surface area contributed by atoms with E-state index < -0.39 is 0 Å². The summed E-state index contributed by atoms with van der Waals surface area (Å²) in [5.74, 6) is 2.54. The fourth-order valence-corrected chi connectivity index (χ4v) is 3.78. The third-order valence-corrected chi connectivity index (χ3v) is 5.55. The second kappa shape index (κ2) is 7.32. The maximum Gasteiger partial charge on any atom is 0.131 e. The van der Waals surface area contributed by atoms with Gasteiger partial charge in [-0.25, -0.2) is 9.97 Å². The highest BCUT2D eigenvalue weighted by molar-refractivity contribution is 5.60. The van der Waals surface area contributed by atoms with Crippen molar-refractivity contribution in [2.45, 2.75) is 38.3 Å². The molecular weight excluding hydrogens is 348 g/mol. The normalized spacial score (nSPS) is 16.6. The summed E-state index contributed by atoms with van der Waals surface area (Å²) in [6.07, 6.45) is 5.54. The molecule has 5 heteroatoms. The van der Waals surface area contributed by atoms with E-state index in [0.717, 1.165) is 54.6 Å². The highest BCUT2D eigenvalue weighted by Gasteiger charge is 2.28. The van der Waals surface area contributed by atoms with E-state index in [0.29, 0.717) is 5.92 Å². The van der Waals surface area contributed by atoms with E-state index in [1.807, 2.05) is 18.3 Å². The van der Waals surface area contributed by atoms with Crippen LogP contribution >= 0.6 is 0 Å². The Morgan fingerprint density at radius 1 is 1.07 bits per heavy atom. The van der Waals surface area contributed by atoms with Gasteiger partial charge in [-0.3, -0.25) is 9.88 Å². The van der Waals surface area contributed by atoms with Gasteiger partial charge < -0.3 is 4.74 Å². The summed E-state index contributed by atoms with van der Waals surface area (Å²) in [7, 11) is 1.68. The van der Waals surface area contributed by atoms with Crippen LogP contribution in [0.3, 0.4) is 0 Å². The van der Waals surface area contributed by atoms with Gasteiger partial charge in [-0.2, -0.15) is 0 Å². The van der Waals surface area contributed by atoms with E-state index in [2.05, 4.69) is 40.2 Å². The van der Waals surface area contributed by atoms with Gasteiger partial charge in [0.15, 0.2) is 0 Å². The van der Waals surface area contributed by atoms with Crippen LogP contribution in [-0.4, -0.2) is 33.5 Å². The molecule has 0 unspecified atom stereocenters. The van der Waals surface area contributed by atoms with Gasteiger partial charge in [0.05, 0.1) is 18.5 Å². The molecule has 142 valence electrons. The lowest BCUT2D eigenvalue weighted by atomic mass is 10.1. The highest BCUT2D eigenvalue weighted by Crippen LogP contribution is 2.38. The summed E-state index contributed by atoms with van der Waals surface area (Å²) in [5.41, 5.74) is 5.70. The lowest BCUT2D eigenvalue weighted by Crippen LogP contribution is -2.31. The van der Waals surface area contributed by atoms with Crippen molar-refractivity contribution in [1.29, 1.82) is 0 Å². The Balaban J connectivity index is 1.29. The molecule has 5 nitrogen and oxygen atoms in total. The number of benzene rings is 1.